The molecule has 160 valence electrons. The summed E-state index contributed by atoms with van der Waals surface area (Å²) >= 11 is 4.91. The molecule has 29 heavy (non-hydrogen) atoms. The summed E-state index contributed by atoms with van der Waals surface area (Å²) in [5.74, 6) is 1.10. The number of amides is 1. The number of amidine groups is 1. The summed E-state index contributed by atoms with van der Waals surface area (Å²) in [4.78, 5) is 18.4. The lowest BCUT2D eigenvalue weighted by molar-refractivity contribution is -0.117. The maximum Gasteiger partial charge on any atom is 0.248 e. The Bertz CT molecular complexity index is 919. The van der Waals surface area contributed by atoms with Crippen molar-refractivity contribution in [2.45, 2.75) is 44.9 Å². The number of hydrogen-bond acceptors (Lipinski definition) is 6. The third-order valence-corrected chi connectivity index (χ3v) is 8.41. The molecule has 0 unspecified atom stereocenters. The average Bonchev–Trinajstić information content (AvgIpc) is 3.08. The maximum absolute atomic E-state index is 12.2. The van der Waals surface area contributed by atoms with E-state index < -0.39 is 9.84 Å². The van der Waals surface area contributed by atoms with Crippen LogP contribution in [0.2, 0.25) is 0 Å². The van der Waals surface area contributed by atoms with Crippen molar-refractivity contribution in [1.29, 1.82) is 0 Å². The monoisotopic (exact) mass is 504 g/mol. The molecule has 0 bridgehead atoms. The van der Waals surface area contributed by atoms with Crippen LogP contribution in [0.15, 0.2) is 21.6 Å². The quantitative estimate of drug-likeness (QED) is 0.559. The van der Waals surface area contributed by atoms with Gasteiger partial charge in [0, 0.05) is 23.4 Å². The van der Waals surface area contributed by atoms with Crippen molar-refractivity contribution in [2.24, 2.45) is 4.99 Å². The molecule has 2 fully saturated rings. The molecule has 0 aliphatic carbocycles. The number of thioether (sulfide) groups is 1. The summed E-state index contributed by atoms with van der Waals surface area (Å²) in [5.41, 5.74) is 0.726. The molecule has 0 N–H and O–H groups in total. The number of ether oxygens (including phenoxy) is 2. The first-order valence-electron chi connectivity index (χ1n) is 9.66. The van der Waals surface area contributed by atoms with Crippen molar-refractivity contribution in [2.75, 3.05) is 29.6 Å². The first kappa shape index (κ1) is 22.4. The Morgan fingerprint density at radius 3 is 2.62 bits per heavy atom. The van der Waals surface area contributed by atoms with Crippen LogP contribution in [0.4, 0.5) is 5.69 Å². The number of halogens is 1. The SMILES string of the molecule is CCCC(=O)N=C1S[C@@H]2CS(=O)(=O)C[C@H]2N1c1cc(Br)c(OCC)c(OCC)c1. The minimum Gasteiger partial charge on any atom is -0.490 e. The van der Waals surface area contributed by atoms with E-state index in [9.17, 15) is 13.2 Å². The lowest BCUT2D eigenvalue weighted by Gasteiger charge is -2.26. The highest BCUT2D eigenvalue weighted by Crippen LogP contribution is 2.45. The van der Waals surface area contributed by atoms with Crippen molar-refractivity contribution >= 4 is 54.3 Å². The van der Waals surface area contributed by atoms with Crippen LogP contribution in [0.25, 0.3) is 0 Å². The Kier molecular flexibility index (Phi) is 7.16. The minimum atomic E-state index is -3.13. The second-order valence-corrected chi connectivity index (χ2v) is 11.0. The largest absolute Gasteiger partial charge is 0.490 e. The van der Waals surface area contributed by atoms with E-state index in [1.807, 2.05) is 37.8 Å². The molecule has 10 heteroatoms. The van der Waals surface area contributed by atoms with Crippen molar-refractivity contribution in [1.82, 2.24) is 0 Å². The van der Waals surface area contributed by atoms with Gasteiger partial charge in [0.15, 0.2) is 26.5 Å². The Morgan fingerprint density at radius 1 is 1.24 bits per heavy atom. The Morgan fingerprint density at radius 2 is 1.97 bits per heavy atom. The number of anilines is 1. The molecule has 2 atom stereocenters. The summed E-state index contributed by atoms with van der Waals surface area (Å²) in [6, 6.07) is 3.42. The minimum absolute atomic E-state index is 0.0421. The van der Waals surface area contributed by atoms with Crippen LogP contribution in [0.3, 0.4) is 0 Å². The number of nitrogens with zero attached hydrogens (tertiary/aromatic N) is 2. The summed E-state index contributed by atoms with van der Waals surface area (Å²) in [6.07, 6.45) is 1.08. The first-order valence-corrected chi connectivity index (χ1v) is 13.2. The van der Waals surface area contributed by atoms with Crippen LogP contribution in [-0.2, 0) is 14.6 Å². The van der Waals surface area contributed by atoms with E-state index >= 15 is 0 Å². The maximum atomic E-state index is 12.2. The van der Waals surface area contributed by atoms with E-state index in [4.69, 9.17) is 9.47 Å². The molecule has 1 aromatic carbocycles. The number of rotatable bonds is 7. The predicted molar refractivity (Wildman–Crippen MR) is 120 cm³/mol. The number of carbonyl (C=O) groups excluding carboxylic acids is 1. The molecule has 0 aromatic heterocycles. The lowest BCUT2D eigenvalue weighted by Crippen LogP contribution is -2.37. The van der Waals surface area contributed by atoms with E-state index in [2.05, 4.69) is 20.9 Å². The molecular formula is C19H25BrN2O5S2. The highest BCUT2D eigenvalue weighted by Gasteiger charge is 2.49. The zero-order valence-corrected chi connectivity index (χ0v) is 19.9. The fourth-order valence-electron chi connectivity index (χ4n) is 3.48. The lowest BCUT2D eigenvalue weighted by atomic mass is 10.2. The van der Waals surface area contributed by atoms with Gasteiger partial charge in [-0.3, -0.25) is 4.79 Å². The van der Waals surface area contributed by atoms with E-state index in [0.29, 0.717) is 47.2 Å². The molecular weight excluding hydrogens is 480 g/mol. The number of sulfone groups is 1. The first-order chi connectivity index (χ1) is 13.8. The molecule has 1 amide bonds. The van der Waals surface area contributed by atoms with Crippen LogP contribution in [0.1, 0.15) is 33.6 Å². The van der Waals surface area contributed by atoms with Gasteiger partial charge in [0.1, 0.15) is 0 Å². The third-order valence-electron chi connectivity index (χ3n) is 4.61. The van der Waals surface area contributed by atoms with Crippen molar-refractivity contribution in [3.63, 3.8) is 0 Å². The molecule has 3 rings (SSSR count). The molecule has 2 aliphatic rings. The highest BCUT2D eigenvalue weighted by molar-refractivity contribution is 9.10. The smallest absolute Gasteiger partial charge is 0.248 e. The van der Waals surface area contributed by atoms with Gasteiger partial charge in [-0.15, -0.1) is 0 Å². The summed E-state index contributed by atoms with van der Waals surface area (Å²) in [6.45, 7) is 6.65. The van der Waals surface area contributed by atoms with E-state index in [1.54, 1.807) is 0 Å². The van der Waals surface area contributed by atoms with E-state index in [1.165, 1.54) is 11.8 Å². The Balaban J connectivity index is 2.07. The van der Waals surface area contributed by atoms with Gasteiger partial charge in [0.2, 0.25) is 5.91 Å². The van der Waals surface area contributed by atoms with Crippen LogP contribution in [0.5, 0.6) is 11.5 Å². The average molecular weight is 505 g/mol. The number of carbonyl (C=O) groups is 1. The van der Waals surface area contributed by atoms with Gasteiger partial charge in [-0.1, -0.05) is 18.7 Å². The second-order valence-electron chi connectivity index (χ2n) is 6.83. The number of fused-ring (bicyclic) bond motifs is 1. The summed E-state index contributed by atoms with van der Waals surface area (Å²) < 4.78 is 36.6. The van der Waals surface area contributed by atoms with Crippen LogP contribution >= 0.6 is 27.7 Å². The fourth-order valence-corrected chi connectivity index (χ4v) is 7.96. The highest BCUT2D eigenvalue weighted by atomic mass is 79.9. The fraction of sp³-hybridized carbons (Fsp3) is 0.579. The summed E-state index contributed by atoms with van der Waals surface area (Å²) in [7, 11) is -3.13. The van der Waals surface area contributed by atoms with Gasteiger partial charge in [0.05, 0.1) is 35.2 Å². The zero-order valence-electron chi connectivity index (χ0n) is 16.7. The Hall–Kier alpha value is -1.26. The zero-order chi connectivity index (χ0) is 21.2. The number of hydrogen-bond donors (Lipinski definition) is 0. The van der Waals surface area contributed by atoms with Gasteiger partial charge in [0.25, 0.3) is 0 Å². The number of aliphatic imine (C=N–C) groups is 1. The van der Waals surface area contributed by atoms with Gasteiger partial charge < -0.3 is 14.4 Å². The van der Waals surface area contributed by atoms with Crippen LogP contribution < -0.4 is 14.4 Å². The van der Waals surface area contributed by atoms with Crippen LogP contribution in [-0.4, -0.2) is 55.5 Å². The van der Waals surface area contributed by atoms with Gasteiger partial charge in [-0.2, -0.15) is 4.99 Å². The molecule has 1 aromatic rings. The van der Waals surface area contributed by atoms with Gasteiger partial charge in [-0.05, 0) is 42.3 Å². The molecule has 0 spiro atoms. The molecule has 2 aliphatic heterocycles. The molecule has 0 saturated carbocycles. The molecule has 0 radical (unpaired) electrons. The second kappa shape index (κ2) is 9.26. The summed E-state index contributed by atoms with van der Waals surface area (Å²) in [5, 5.41) is 0.404. The topological polar surface area (TPSA) is 85.3 Å². The van der Waals surface area contributed by atoms with Gasteiger partial charge >= 0.3 is 0 Å². The van der Waals surface area contributed by atoms with Crippen molar-refractivity contribution in [3.05, 3.63) is 16.6 Å². The third kappa shape index (κ3) is 4.91. The molecule has 2 heterocycles. The standard InChI is InChI=1S/C19H25BrN2O5S2/c1-4-7-17(23)21-19-22(14-10-29(24,25)11-16(14)28-19)12-8-13(20)18(27-6-3)15(9-12)26-5-2/h8-9,14,16H,4-7,10-11H2,1-3H3/t14-,16-/m1/s1. The van der Waals surface area contributed by atoms with Crippen molar-refractivity contribution < 1.29 is 22.7 Å². The predicted octanol–water partition coefficient (Wildman–Crippen LogP) is 3.65. The normalized spacial score (nSPS) is 24.0. The van der Waals surface area contributed by atoms with Crippen LogP contribution in [0, 0.1) is 0 Å². The van der Waals surface area contributed by atoms with Gasteiger partial charge in [-0.25, -0.2) is 8.42 Å². The van der Waals surface area contributed by atoms with E-state index in [0.717, 1.165) is 5.69 Å². The molecule has 2 saturated heterocycles. The van der Waals surface area contributed by atoms with Crippen molar-refractivity contribution in [3.8, 4) is 11.5 Å². The number of benzene rings is 1. The molecule has 7 nitrogen and oxygen atoms in total. The Labute approximate surface area is 184 Å². The van der Waals surface area contributed by atoms with E-state index in [-0.39, 0.29) is 28.7 Å².